The van der Waals surface area contributed by atoms with Crippen molar-refractivity contribution < 1.29 is 9.53 Å². The Morgan fingerprint density at radius 2 is 1.92 bits per heavy atom. The van der Waals surface area contributed by atoms with E-state index in [2.05, 4.69) is 4.90 Å². The predicted octanol–water partition coefficient (Wildman–Crippen LogP) is 0.788. The van der Waals surface area contributed by atoms with E-state index in [0.717, 1.165) is 25.9 Å². The molecule has 1 saturated heterocycles. The molecular formula is C9H15NO2. The molecule has 1 aliphatic carbocycles. The number of esters is 1. The van der Waals surface area contributed by atoms with Gasteiger partial charge in [0.15, 0.2) is 0 Å². The molecule has 68 valence electrons. The monoisotopic (exact) mass is 169 g/mol. The first-order valence-corrected chi connectivity index (χ1v) is 4.63. The summed E-state index contributed by atoms with van der Waals surface area (Å²) in [5, 5.41) is 0. The molecule has 0 N–H and O–H groups in total. The Bertz CT molecular complexity index is 193. The van der Waals surface area contributed by atoms with Crippen molar-refractivity contribution in [2.24, 2.45) is 0 Å². The highest BCUT2D eigenvalue weighted by atomic mass is 16.5. The zero-order valence-corrected chi connectivity index (χ0v) is 7.51. The second-order valence-corrected chi connectivity index (χ2v) is 3.72. The Kier molecular flexibility index (Phi) is 1.83. The number of hydrogen-bond acceptors (Lipinski definition) is 3. The average molecular weight is 169 g/mol. The molecule has 0 aromatic rings. The van der Waals surface area contributed by atoms with Crippen molar-refractivity contribution in [3.63, 3.8) is 0 Å². The van der Waals surface area contributed by atoms with E-state index in [-0.39, 0.29) is 11.5 Å². The van der Waals surface area contributed by atoms with Crippen molar-refractivity contribution in [3.05, 3.63) is 0 Å². The number of rotatable bonds is 2. The van der Waals surface area contributed by atoms with Crippen LogP contribution in [0, 0.1) is 0 Å². The van der Waals surface area contributed by atoms with Gasteiger partial charge in [-0.2, -0.15) is 0 Å². The molecule has 1 saturated carbocycles. The molecule has 3 nitrogen and oxygen atoms in total. The third-order valence-electron chi connectivity index (χ3n) is 3.00. The van der Waals surface area contributed by atoms with Crippen molar-refractivity contribution in [1.82, 2.24) is 4.90 Å². The fourth-order valence-corrected chi connectivity index (χ4v) is 2.10. The maximum atomic E-state index is 11.4. The van der Waals surface area contributed by atoms with Crippen LogP contribution in [0.5, 0.6) is 0 Å². The normalized spacial score (nSPS) is 27.1. The molecule has 0 unspecified atom stereocenters. The van der Waals surface area contributed by atoms with Gasteiger partial charge in [-0.15, -0.1) is 0 Å². The highest BCUT2D eigenvalue weighted by Gasteiger charge is 2.55. The molecule has 0 bridgehead atoms. The molecule has 2 fully saturated rings. The van der Waals surface area contributed by atoms with Crippen LogP contribution in [0.25, 0.3) is 0 Å². The van der Waals surface area contributed by atoms with Crippen LogP contribution in [0.3, 0.4) is 0 Å². The Labute approximate surface area is 72.7 Å². The first-order chi connectivity index (χ1) is 5.79. The van der Waals surface area contributed by atoms with Crippen molar-refractivity contribution in [2.45, 2.75) is 31.2 Å². The predicted molar refractivity (Wildman–Crippen MR) is 44.8 cm³/mol. The second-order valence-electron chi connectivity index (χ2n) is 3.72. The Morgan fingerprint density at radius 3 is 2.33 bits per heavy atom. The molecule has 2 rings (SSSR count). The zero-order valence-electron chi connectivity index (χ0n) is 7.51. The summed E-state index contributed by atoms with van der Waals surface area (Å²) in [5.74, 6) is -0.0237. The first-order valence-electron chi connectivity index (χ1n) is 4.63. The van der Waals surface area contributed by atoms with E-state index < -0.39 is 0 Å². The number of likely N-dealkylation sites (tertiary alicyclic amines) is 1. The van der Waals surface area contributed by atoms with Gasteiger partial charge >= 0.3 is 5.97 Å². The minimum Gasteiger partial charge on any atom is -0.468 e. The van der Waals surface area contributed by atoms with Gasteiger partial charge < -0.3 is 4.74 Å². The van der Waals surface area contributed by atoms with Crippen LogP contribution in [0.15, 0.2) is 0 Å². The standard InChI is InChI=1S/C9H15NO2/c1-12-8(11)9(4-5-9)10-6-2-3-7-10/h2-7H2,1H3. The summed E-state index contributed by atoms with van der Waals surface area (Å²) in [7, 11) is 1.48. The largest absolute Gasteiger partial charge is 0.468 e. The van der Waals surface area contributed by atoms with E-state index in [4.69, 9.17) is 4.74 Å². The van der Waals surface area contributed by atoms with Gasteiger partial charge in [0.05, 0.1) is 7.11 Å². The van der Waals surface area contributed by atoms with Gasteiger partial charge in [-0.25, -0.2) is 0 Å². The van der Waals surface area contributed by atoms with Crippen molar-refractivity contribution >= 4 is 5.97 Å². The van der Waals surface area contributed by atoms with Gasteiger partial charge in [-0.1, -0.05) is 0 Å². The summed E-state index contributed by atoms with van der Waals surface area (Å²) in [6.45, 7) is 2.16. The fourth-order valence-electron chi connectivity index (χ4n) is 2.10. The van der Waals surface area contributed by atoms with Crippen molar-refractivity contribution in [2.75, 3.05) is 20.2 Å². The lowest BCUT2D eigenvalue weighted by Crippen LogP contribution is -2.42. The molecule has 0 spiro atoms. The maximum Gasteiger partial charge on any atom is 0.326 e. The number of nitrogens with zero attached hydrogens (tertiary/aromatic N) is 1. The molecule has 0 radical (unpaired) electrons. The van der Waals surface area contributed by atoms with Gasteiger partial charge in [-0.05, 0) is 38.8 Å². The number of carbonyl (C=O) groups is 1. The molecule has 0 aromatic heterocycles. The zero-order chi connectivity index (χ0) is 8.60. The van der Waals surface area contributed by atoms with Crippen molar-refractivity contribution in [1.29, 1.82) is 0 Å². The SMILES string of the molecule is COC(=O)C1(N2CCCC2)CC1. The number of carbonyl (C=O) groups excluding carboxylic acids is 1. The minimum absolute atomic E-state index is 0.0237. The summed E-state index contributed by atoms with van der Waals surface area (Å²) >= 11 is 0. The lowest BCUT2D eigenvalue weighted by atomic mass is 10.2. The molecule has 12 heavy (non-hydrogen) atoms. The maximum absolute atomic E-state index is 11.4. The van der Waals surface area contributed by atoms with E-state index >= 15 is 0 Å². The number of ether oxygens (including phenoxy) is 1. The molecule has 2 aliphatic rings. The van der Waals surface area contributed by atoms with E-state index in [1.807, 2.05) is 0 Å². The molecule has 1 heterocycles. The lowest BCUT2D eigenvalue weighted by molar-refractivity contribution is -0.148. The second kappa shape index (κ2) is 2.73. The summed E-state index contributed by atoms with van der Waals surface area (Å²) in [6, 6.07) is 0. The van der Waals surface area contributed by atoms with Gasteiger partial charge in [0.2, 0.25) is 0 Å². The smallest absolute Gasteiger partial charge is 0.326 e. The highest BCUT2D eigenvalue weighted by molar-refractivity contribution is 5.84. The van der Waals surface area contributed by atoms with Crippen LogP contribution >= 0.6 is 0 Å². The molecule has 3 heteroatoms. The van der Waals surface area contributed by atoms with E-state index in [9.17, 15) is 4.79 Å². The van der Waals surface area contributed by atoms with E-state index in [0.29, 0.717) is 0 Å². The van der Waals surface area contributed by atoms with Gasteiger partial charge in [0.25, 0.3) is 0 Å². The summed E-state index contributed by atoms with van der Waals surface area (Å²) < 4.78 is 4.81. The van der Waals surface area contributed by atoms with E-state index in [1.54, 1.807) is 0 Å². The quantitative estimate of drug-likeness (QED) is 0.572. The summed E-state index contributed by atoms with van der Waals surface area (Å²) in [6.07, 6.45) is 4.47. The van der Waals surface area contributed by atoms with Crippen LogP contribution in [-0.2, 0) is 9.53 Å². The van der Waals surface area contributed by atoms with Gasteiger partial charge in [0, 0.05) is 0 Å². The Balaban J connectivity index is 2.05. The third kappa shape index (κ3) is 1.04. The van der Waals surface area contributed by atoms with Crippen LogP contribution in [0.1, 0.15) is 25.7 Å². The van der Waals surface area contributed by atoms with Gasteiger partial charge in [-0.3, -0.25) is 9.69 Å². The summed E-state index contributed by atoms with van der Waals surface area (Å²) in [5.41, 5.74) is -0.189. The fraction of sp³-hybridized carbons (Fsp3) is 0.889. The third-order valence-corrected chi connectivity index (χ3v) is 3.00. The molecule has 0 atom stereocenters. The molecule has 0 amide bonds. The average Bonchev–Trinajstić information content (AvgIpc) is 2.73. The Morgan fingerprint density at radius 1 is 1.33 bits per heavy atom. The van der Waals surface area contributed by atoms with Crippen LogP contribution in [0.4, 0.5) is 0 Å². The minimum atomic E-state index is -0.189. The van der Waals surface area contributed by atoms with Crippen LogP contribution < -0.4 is 0 Å². The first kappa shape index (κ1) is 8.05. The molecule has 0 aromatic carbocycles. The van der Waals surface area contributed by atoms with Crippen molar-refractivity contribution in [3.8, 4) is 0 Å². The highest BCUT2D eigenvalue weighted by Crippen LogP contribution is 2.44. The van der Waals surface area contributed by atoms with E-state index in [1.165, 1.54) is 20.0 Å². The van der Waals surface area contributed by atoms with Crippen LogP contribution in [0.2, 0.25) is 0 Å². The number of methoxy groups -OCH3 is 1. The number of hydrogen-bond donors (Lipinski definition) is 0. The van der Waals surface area contributed by atoms with Gasteiger partial charge in [0.1, 0.15) is 5.54 Å². The summed E-state index contributed by atoms with van der Waals surface area (Å²) in [4.78, 5) is 13.7. The lowest BCUT2D eigenvalue weighted by Gasteiger charge is -2.24. The molecular weight excluding hydrogens is 154 g/mol. The Hall–Kier alpha value is -0.570. The molecule has 1 aliphatic heterocycles. The van der Waals surface area contributed by atoms with Crippen LogP contribution in [-0.4, -0.2) is 36.6 Å². The topological polar surface area (TPSA) is 29.5 Å².